The third-order valence-electron chi connectivity index (χ3n) is 4.65. The van der Waals surface area contributed by atoms with E-state index in [1.165, 1.54) is 17.2 Å². The van der Waals surface area contributed by atoms with E-state index in [0.29, 0.717) is 16.9 Å². The molecule has 1 aliphatic rings. The van der Waals surface area contributed by atoms with Gasteiger partial charge in [0.2, 0.25) is 0 Å². The van der Waals surface area contributed by atoms with E-state index in [1.54, 1.807) is 24.3 Å². The molecule has 3 heterocycles. The van der Waals surface area contributed by atoms with Crippen molar-refractivity contribution in [3.63, 3.8) is 0 Å². The fraction of sp³-hybridized carbons (Fsp3) is 0.333. The molecule has 4 rings (SSSR count). The number of anilines is 1. The van der Waals surface area contributed by atoms with Crippen molar-refractivity contribution in [2.24, 2.45) is 0 Å². The van der Waals surface area contributed by atoms with E-state index in [4.69, 9.17) is 15.2 Å². The second kappa shape index (κ2) is 7.99. The quantitative estimate of drug-likeness (QED) is 0.417. The summed E-state index contributed by atoms with van der Waals surface area (Å²) >= 11 is 0. The van der Waals surface area contributed by atoms with Crippen LogP contribution in [0.15, 0.2) is 43.0 Å². The summed E-state index contributed by atoms with van der Waals surface area (Å²) in [6.45, 7) is -0.669. The zero-order valence-electron chi connectivity index (χ0n) is 15.3. The maximum absolute atomic E-state index is 12.4. The van der Waals surface area contributed by atoms with Crippen molar-refractivity contribution < 1.29 is 24.5 Å². The van der Waals surface area contributed by atoms with Crippen LogP contribution in [0.25, 0.3) is 11.2 Å². The summed E-state index contributed by atoms with van der Waals surface area (Å²) in [5.74, 6) is 0.287. The van der Waals surface area contributed by atoms with Crippen molar-refractivity contribution in [3.8, 4) is 5.75 Å². The number of amides is 1. The van der Waals surface area contributed by atoms with Gasteiger partial charge in [-0.2, -0.15) is 0 Å². The summed E-state index contributed by atoms with van der Waals surface area (Å²) in [6.07, 6.45) is -0.181. The maximum atomic E-state index is 12.4. The molecule has 0 aliphatic carbocycles. The van der Waals surface area contributed by atoms with E-state index in [1.807, 2.05) is 6.07 Å². The molecule has 11 heteroatoms. The number of carbonyl (C=O) groups is 1. The van der Waals surface area contributed by atoms with Crippen LogP contribution < -0.4 is 15.8 Å². The lowest BCUT2D eigenvalue weighted by atomic mass is 10.1. The van der Waals surface area contributed by atoms with Crippen molar-refractivity contribution in [2.75, 3.05) is 18.9 Å². The standard InChI is InChI=1S/C18H20N6O5/c19-16-14-17(21-8-20-16)24(9-22-14)18-13(15(27)11(6-25)29-18)23-12(26)7-28-10-4-2-1-3-5-10/h1-5,8-9,11,13,15,18,25,27H,6-7H2,(H,23,26)(H2,19,20,21)/t11-,13-,15-,18-/m1/s1. The Bertz CT molecular complexity index is 997. The lowest BCUT2D eigenvalue weighted by molar-refractivity contribution is -0.125. The maximum Gasteiger partial charge on any atom is 0.258 e. The van der Waals surface area contributed by atoms with E-state index >= 15 is 0 Å². The van der Waals surface area contributed by atoms with Crippen molar-refractivity contribution >= 4 is 22.9 Å². The van der Waals surface area contributed by atoms with E-state index < -0.39 is 37.0 Å². The number of hydrogen-bond donors (Lipinski definition) is 4. The van der Waals surface area contributed by atoms with Crippen molar-refractivity contribution in [2.45, 2.75) is 24.5 Å². The lowest BCUT2D eigenvalue weighted by Crippen LogP contribution is -2.48. The van der Waals surface area contributed by atoms with Crippen LogP contribution >= 0.6 is 0 Å². The molecule has 1 aliphatic heterocycles. The van der Waals surface area contributed by atoms with Crippen LogP contribution in [0.1, 0.15) is 6.23 Å². The molecule has 0 saturated carbocycles. The van der Waals surface area contributed by atoms with Gasteiger partial charge in [-0.1, -0.05) is 18.2 Å². The van der Waals surface area contributed by atoms with Crippen LogP contribution in [0.2, 0.25) is 0 Å². The number of fused-ring (bicyclic) bond motifs is 1. The molecule has 152 valence electrons. The van der Waals surface area contributed by atoms with Crippen molar-refractivity contribution in [1.82, 2.24) is 24.8 Å². The van der Waals surface area contributed by atoms with Gasteiger partial charge in [0, 0.05) is 0 Å². The molecular formula is C18H20N6O5. The number of hydrogen-bond acceptors (Lipinski definition) is 9. The molecule has 0 unspecified atom stereocenters. The molecule has 11 nitrogen and oxygen atoms in total. The normalized spacial score (nSPS) is 23.9. The Labute approximate surface area is 165 Å². The molecule has 1 fully saturated rings. The number of nitrogen functional groups attached to an aromatic ring is 1. The van der Waals surface area contributed by atoms with Gasteiger partial charge in [0.05, 0.1) is 12.9 Å². The van der Waals surface area contributed by atoms with Gasteiger partial charge in [-0.05, 0) is 12.1 Å². The molecular weight excluding hydrogens is 380 g/mol. The minimum absolute atomic E-state index is 0.197. The zero-order valence-corrected chi connectivity index (χ0v) is 15.3. The average molecular weight is 400 g/mol. The molecule has 1 amide bonds. The topological polar surface area (TPSA) is 158 Å². The number of nitrogens with one attached hydrogen (secondary N) is 1. The van der Waals surface area contributed by atoms with Crippen molar-refractivity contribution in [1.29, 1.82) is 0 Å². The predicted octanol–water partition coefficient (Wildman–Crippen LogP) is -0.777. The molecule has 5 N–H and O–H groups in total. The van der Waals surface area contributed by atoms with E-state index in [9.17, 15) is 15.0 Å². The molecule has 0 radical (unpaired) electrons. The van der Waals surface area contributed by atoms with Crippen LogP contribution in [0.3, 0.4) is 0 Å². The first-order chi connectivity index (χ1) is 14.1. The zero-order chi connectivity index (χ0) is 20.4. The second-order valence-corrected chi connectivity index (χ2v) is 6.52. The van der Waals surface area contributed by atoms with Crippen LogP contribution in [0.5, 0.6) is 5.75 Å². The molecule has 29 heavy (non-hydrogen) atoms. The monoisotopic (exact) mass is 400 g/mol. The Morgan fingerprint density at radius 2 is 2.07 bits per heavy atom. The Kier molecular flexibility index (Phi) is 5.25. The fourth-order valence-electron chi connectivity index (χ4n) is 3.24. The largest absolute Gasteiger partial charge is 0.484 e. The first-order valence-corrected chi connectivity index (χ1v) is 8.93. The molecule has 4 atom stereocenters. The van der Waals surface area contributed by atoms with Crippen LogP contribution in [0, 0.1) is 0 Å². The highest BCUT2D eigenvalue weighted by Crippen LogP contribution is 2.31. The lowest BCUT2D eigenvalue weighted by Gasteiger charge is -2.23. The number of aliphatic hydroxyl groups is 2. The first-order valence-electron chi connectivity index (χ1n) is 8.93. The number of ether oxygens (including phenoxy) is 2. The van der Waals surface area contributed by atoms with Gasteiger partial charge in [0.25, 0.3) is 5.91 Å². The SMILES string of the molecule is Nc1ncnc2c1ncn2[C@@H]1O[C@H](CO)[C@@H](O)[C@H]1NC(=O)COc1ccccc1. The number of aromatic nitrogens is 4. The Balaban J connectivity index is 1.54. The van der Waals surface area contributed by atoms with E-state index in [-0.39, 0.29) is 12.4 Å². The van der Waals surface area contributed by atoms with Gasteiger partial charge in [-0.3, -0.25) is 9.36 Å². The van der Waals surface area contributed by atoms with Gasteiger partial charge < -0.3 is 30.7 Å². The molecule has 2 aromatic heterocycles. The number of benzene rings is 1. The number of para-hydroxylation sites is 1. The smallest absolute Gasteiger partial charge is 0.258 e. The first kappa shape index (κ1) is 19.1. The number of nitrogens with zero attached hydrogens (tertiary/aromatic N) is 4. The summed E-state index contributed by atoms with van der Waals surface area (Å²) in [4.78, 5) is 24.6. The summed E-state index contributed by atoms with van der Waals surface area (Å²) in [5, 5.41) is 22.8. The highest BCUT2D eigenvalue weighted by molar-refractivity contribution is 5.81. The number of nitrogens with two attached hydrogens (primary N) is 1. The van der Waals surface area contributed by atoms with Gasteiger partial charge in [0.15, 0.2) is 24.3 Å². The molecule has 1 aromatic carbocycles. The van der Waals surface area contributed by atoms with Gasteiger partial charge >= 0.3 is 0 Å². The molecule has 1 saturated heterocycles. The third kappa shape index (κ3) is 3.70. The van der Waals surface area contributed by atoms with E-state index in [2.05, 4.69) is 20.3 Å². The average Bonchev–Trinajstić information content (AvgIpc) is 3.30. The Hall–Kier alpha value is -3.28. The number of carbonyl (C=O) groups excluding carboxylic acids is 1. The minimum atomic E-state index is -1.15. The Morgan fingerprint density at radius 1 is 1.28 bits per heavy atom. The molecule has 3 aromatic rings. The van der Waals surface area contributed by atoms with Gasteiger partial charge in [-0.15, -0.1) is 0 Å². The third-order valence-corrected chi connectivity index (χ3v) is 4.65. The Morgan fingerprint density at radius 3 is 2.83 bits per heavy atom. The number of aliphatic hydroxyl groups excluding tert-OH is 2. The van der Waals surface area contributed by atoms with Crippen molar-refractivity contribution in [3.05, 3.63) is 43.0 Å². The second-order valence-electron chi connectivity index (χ2n) is 6.52. The van der Waals surface area contributed by atoms with Gasteiger partial charge in [-0.25, -0.2) is 15.0 Å². The molecule has 0 spiro atoms. The van der Waals surface area contributed by atoms with Crippen LogP contribution in [-0.2, 0) is 9.53 Å². The summed E-state index contributed by atoms with van der Waals surface area (Å²) < 4.78 is 12.7. The summed E-state index contributed by atoms with van der Waals surface area (Å²) in [5.41, 5.74) is 6.57. The highest BCUT2D eigenvalue weighted by Gasteiger charge is 2.45. The fourth-order valence-corrected chi connectivity index (χ4v) is 3.24. The van der Waals surface area contributed by atoms with Gasteiger partial charge in [0.1, 0.15) is 35.8 Å². The summed E-state index contributed by atoms with van der Waals surface area (Å²) in [7, 11) is 0. The predicted molar refractivity (Wildman–Crippen MR) is 101 cm³/mol. The highest BCUT2D eigenvalue weighted by atomic mass is 16.5. The molecule has 0 bridgehead atoms. The minimum Gasteiger partial charge on any atom is -0.484 e. The van der Waals surface area contributed by atoms with Crippen LogP contribution in [-0.4, -0.2) is 67.1 Å². The number of imidazole rings is 1. The number of rotatable bonds is 6. The van der Waals surface area contributed by atoms with E-state index in [0.717, 1.165) is 0 Å². The van der Waals surface area contributed by atoms with Crippen LogP contribution in [0.4, 0.5) is 5.82 Å². The summed E-state index contributed by atoms with van der Waals surface area (Å²) in [6, 6.07) is 8.01.